The fourth-order valence-electron chi connectivity index (χ4n) is 12.3. The van der Waals surface area contributed by atoms with Gasteiger partial charge in [-0.1, -0.05) is 39.5 Å². The second kappa shape index (κ2) is 14.5. The van der Waals surface area contributed by atoms with Gasteiger partial charge in [-0.15, -0.1) is 0 Å². The predicted octanol–water partition coefficient (Wildman–Crippen LogP) is 1.92. The number of quaternary nitrogens is 1. The third kappa shape index (κ3) is 6.41. The van der Waals surface area contributed by atoms with Crippen molar-refractivity contribution in [1.82, 2.24) is 0 Å². The Morgan fingerprint density at radius 1 is 1.08 bits per heavy atom. The molecule has 2 aliphatic heterocycles. The zero-order valence-electron chi connectivity index (χ0n) is 30.3. The highest BCUT2D eigenvalue weighted by molar-refractivity contribution is 5.95. The van der Waals surface area contributed by atoms with E-state index in [4.69, 9.17) is 10.5 Å². The first kappa shape index (κ1) is 37.8. The van der Waals surface area contributed by atoms with Crippen LogP contribution in [0.2, 0.25) is 0 Å². The molecule has 2 saturated heterocycles. The van der Waals surface area contributed by atoms with Gasteiger partial charge in [0.05, 0.1) is 42.7 Å². The number of carbonyl (C=O) groups excluding carboxylic acids is 1. The quantitative estimate of drug-likeness (QED) is 0.141. The molecule has 280 valence electrons. The number of carbonyl (C=O) groups is 1. The van der Waals surface area contributed by atoms with Gasteiger partial charge in [-0.05, 0) is 106 Å². The van der Waals surface area contributed by atoms with Crippen LogP contribution in [0.4, 0.5) is 0 Å². The molecule has 0 spiro atoms. The smallest absolute Gasteiger partial charge is 0.159 e. The second-order valence-electron chi connectivity index (χ2n) is 17.9. The summed E-state index contributed by atoms with van der Waals surface area (Å²) < 4.78 is 6.16. The molecule has 0 aromatic carbocycles. The number of aliphatic hydroxyl groups is 6. The molecule has 0 radical (unpaired) electrons. The van der Waals surface area contributed by atoms with Crippen LogP contribution in [0.15, 0.2) is 11.6 Å². The molecular weight excluding hydrogens is 624 g/mol. The lowest BCUT2D eigenvalue weighted by Crippen LogP contribution is -2.95. The van der Waals surface area contributed by atoms with Crippen LogP contribution in [0.5, 0.6) is 0 Å². The lowest BCUT2D eigenvalue weighted by Gasteiger charge is -2.62. The van der Waals surface area contributed by atoms with E-state index in [1.807, 2.05) is 6.92 Å². The van der Waals surface area contributed by atoms with E-state index in [9.17, 15) is 35.4 Å². The highest BCUT2D eigenvalue weighted by atomic mass is 16.5. The Hall–Kier alpha value is -0.950. The SMILES string of the molecule is CCCCCCC1COC(C(O)C(C)(O)C2CCC3(O)C4=CC(=O)C5CC(O)C(O)CC5(CCC5CCC(N)[NH2+]C5)C4CCC23C)C1CO. The van der Waals surface area contributed by atoms with Crippen molar-refractivity contribution < 1.29 is 45.5 Å². The van der Waals surface area contributed by atoms with Crippen molar-refractivity contribution in [2.45, 2.75) is 159 Å². The number of nitrogens with two attached hydrogens (primary N) is 2. The number of hydrogen-bond acceptors (Lipinski definition) is 9. The molecule has 10 heteroatoms. The Morgan fingerprint density at radius 2 is 1.86 bits per heavy atom. The van der Waals surface area contributed by atoms with E-state index in [1.54, 1.807) is 13.0 Å². The van der Waals surface area contributed by atoms with Gasteiger partial charge in [-0.25, -0.2) is 0 Å². The zero-order chi connectivity index (χ0) is 35.4. The van der Waals surface area contributed by atoms with Gasteiger partial charge in [0.15, 0.2) is 5.78 Å². The number of rotatable bonds is 12. The van der Waals surface area contributed by atoms with E-state index in [2.05, 4.69) is 12.2 Å². The summed E-state index contributed by atoms with van der Waals surface area (Å²) in [5, 5.41) is 71.6. The maximum atomic E-state index is 14.1. The number of ether oxygens (including phenoxy) is 1. The van der Waals surface area contributed by atoms with Gasteiger partial charge < -0.3 is 40.7 Å². The molecule has 0 amide bonds. The van der Waals surface area contributed by atoms with Crippen LogP contribution in [0, 0.1) is 46.3 Å². The largest absolute Gasteiger partial charge is 0.396 e. The lowest BCUT2D eigenvalue weighted by molar-refractivity contribution is -0.703. The minimum absolute atomic E-state index is 0.0718. The standard InChI is InChI=1S/C39H66N2O8/c1-4-5-6-7-8-24-22-49-34(25(24)21-42)35(46)37(3,47)32-13-16-39(48)27-17-29(43)28-18-30(44)31(45)19-38(28,26(27)12-14-36(32,39)2)15-11-23-9-10-33(40)41-20-23/h17,23-26,28,30-35,41-42,44-48H,4-16,18-22,40H2,1-3H3/p+1. The van der Waals surface area contributed by atoms with Crippen molar-refractivity contribution in [1.29, 1.82) is 0 Å². The molecule has 6 rings (SSSR count). The van der Waals surface area contributed by atoms with Crippen LogP contribution in [0.25, 0.3) is 0 Å². The molecule has 3 saturated carbocycles. The normalized spacial score (nSPS) is 47.1. The molecule has 6 aliphatic rings. The second-order valence-corrected chi connectivity index (χ2v) is 17.9. The van der Waals surface area contributed by atoms with Gasteiger partial charge in [-0.3, -0.25) is 10.5 Å². The lowest BCUT2D eigenvalue weighted by atomic mass is 9.44. The van der Waals surface area contributed by atoms with Gasteiger partial charge in [0, 0.05) is 36.2 Å². The summed E-state index contributed by atoms with van der Waals surface area (Å²) in [5.41, 5.74) is 2.53. The summed E-state index contributed by atoms with van der Waals surface area (Å²) in [6.07, 6.45) is 9.72. The van der Waals surface area contributed by atoms with E-state index in [0.717, 1.165) is 63.5 Å². The molecule has 2 heterocycles. The van der Waals surface area contributed by atoms with Crippen LogP contribution in [0.1, 0.15) is 117 Å². The third-order valence-electron chi connectivity index (χ3n) is 15.3. The third-order valence-corrected chi connectivity index (χ3v) is 15.3. The Bertz CT molecular complexity index is 1210. The molecule has 10 N–H and O–H groups in total. The highest BCUT2D eigenvalue weighted by Crippen LogP contribution is 2.69. The van der Waals surface area contributed by atoms with Crippen LogP contribution >= 0.6 is 0 Å². The Balaban J connectivity index is 1.25. The average molecular weight is 692 g/mol. The van der Waals surface area contributed by atoms with Crippen molar-refractivity contribution in [3.05, 3.63) is 11.6 Å². The molecule has 0 aromatic heterocycles. The molecule has 15 atom stereocenters. The van der Waals surface area contributed by atoms with E-state index < -0.39 is 58.3 Å². The van der Waals surface area contributed by atoms with Crippen LogP contribution in [0.3, 0.4) is 0 Å². The molecule has 15 unspecified atom stereocenters. The fraction of sp³-hybridized carbons (Fsp3) is 0.923. The monoisotopic (exact) mass is 691 g/mol. The van der Waals surface area contributed by atoms with E-state index in [0.29, 0.717) is 44.6 Å². The van der Waals surface area contributed by atoms with Crippen molar-refractivity contribution in [2.24, 2.45) is 52.1 Å². The molecule has 0 aromatic rings. The van der Waals surface area contributed by atoms with Crippen LogP contribution in [-0.2, 0) is 9.53 Å². The maximum Gasteiger partial charge on any atom is 0.159 e. The average Bonchev–Trinajstić information content (AvgIpc) is 3.61. The number of hydrogen-bond donors (Lipinski definition) is 8. The molecule has 10 nitrogen and oxygen atoms in total. The van der Waals surface area contributed by atoms with Crippen molar-refractivity contribution >= 4 is 5.78 Å². The molecule has 5 fully saturated rings. The number of unbranched alkanes of at least 4 members (excludes halogenated alkanes) is 3. The highest BCUT2D eigenvalue weighted by Gasteiger charge is 2.70. The minimum Gasteiger partial charge on any atom is -0.396 e. The van der Waals surface area contributed by atoms with Gasteiger partial charge in [0.2, 0.25) is 0 Å². The summed E-state index contributed by atoms with van der Waals surface area (Å²) in [6.45, 7) is 7.14. The van der Waals surface area contributed by atoms with E-state index in [-0.39, 0.29) is 42.7 Å². The number of aliphatic hydroxyl groups excluding tert-OH is 4. The molecule has 49 heavy (non-hydrogen) atoms. The Kier molecular flexibility index (Phi) is 11.2. The molecular formula is C39H67N2O8+. The first-order valence-electron chi connectivity index (χ1n) is 19.8. The summed E-state index contributed by atoms with van der Waals surface area (Å²) in [7, 11) is 0. The number of fused-ring (bicyclic) bond motifs is 5. The number of allylic oxidation sites excluding steroid dienone is 1. The summed E-state index contributed by atoms with van der Waals surface area (Å²) in [4.78, 5) is 14.1. The zero-order valence-corrected chi connectivity index (χ0v) is 30.3. The van der Waals surface area contributed by atoms with E-state index >= 15 is 0 Å². The van der Waals surface area contributed by atoms with Crippen molar-refractivity contribution in [2.75, 3.05) is 19.8 Å². The van der Waals surface area contributed by atoms with Crippen LogP contribution < -0.4 is 11.1 Å². The predicted molar refractivity (Wildman–Crippen MR) is 185 cm³/mol. The van der Waals surface area contributed by atoms with E-state index in [1.165, 1.54) is 6.42 Å². The molecule has 0 bridgehead atoms. The van der Waals surface area contributed by atoms with Crippen molar-refractivity contribution in [3.8, 4) is 0 Å². The maximum absolute atomic E-state index is 14.1. The van der Waals surface area contributed by atoms with Crippen molar-refractivity contribution in [3.63, 3.8) is 0 Å². The minimum atomic E-state index is -1.61. The van der Waals surface area contributed by atoms with Crippen LogP contribution in [-0.4, -0.2) is 98.0 Å². The van der Waals surface area contributed by atoms with Gasteiger partial charge in [0.1, 0.15) is 12.3 Å². The Morgan fingerprint density at radius 3 is 2.55 bits per heavy atom. The first-order chi connectivity index (χ1) is 23.2. The summed E-state index contributed by atoms with van der Waals surface area (Å²) in [5.74, 6) is -0.759. The summed E-state index contributed by atoms with van der Waals surface area (Å²) >= 11 is 0. The topological polar surface area (TPSA) is 190 Å². The van der Waals surface area contributed by atoms with Gasteiger partial charge in [-0.2, -0.15) is 0 Å². The van der Waals surface area contributed by atoms with Gasteiger partial charge >= 0.3 is 0 Å². The molecule has 4 aliphatic carbocycles. The number of piperidine rings is 1. The fourth-order valence-corrected chi connectivity index (χ4v) is 12.3. The first-order valence-corrected chi connectivity index (χ1v) is 19.8. The van der Waals surface area contributed by atoms with Gasteiger partial charge in [0.25, 0.3) is 0 Å². The summed E-state index contributed by atoms with van der Waals surface area (Å²) in [6, 6.07) is 0. The Labute approximate surface area is 293 Å². The number of ketones is 1.